The number of benzene rings is 2. The Kier molecular flexibility index (Phi) is 6.81. The Balaban J connectivity index is 1.71. The smallest absolute Gasteiger partial charge is 0.257 e. The number of carbonyl (C=O) groups is 1. The lowest BCUT2D eigenvalue weighted by Gasteiger charge is -2.38. The van der Waals surface area contributed by atoms with Gasteiger partial charge in [0.15, 0.2) is 0 Å². The van der Waals surface area contributed by atoms with Crippen molar-refractivity contribution in [3.8, 4) is 0 Å². The molecule has 0 saturated heterocycles. The number of hydrogen-bond acceptors (Lipinski definition) is 4. The third kappa shape index (κ3) is 4.36. The van der Waals surface area contributed by atoms with Crippen molar-refractivity contribution in [2.75, 3.05) is 11.6 Å². The third-order valence-corrected chi connectivity index (χ3v) is 8.02. The predicted molar refractivity (Wildman–Crippen MR) is 142 cm³/mol. The molecule has 0 fully saturated rings. The van der Waals surface area contributed by atoms with E-state index in [1.807, 2.05) is 17.7 Å². The average Bonchev–Trinajstić information content (AvgIpc) is 3.20. The first-order valence-corrected chi connectivity index (χ1v) is 13.4. The molecule has 5 nitrogen and oxygen atoms in total. The van der Waals surface area contributed by atoms with Crippen LogP contribution in [0.5, 0.6) is 0 Å². The van der Waals surface area contributed by atoms with E-state index in [0.717, 1.165) is 36.3 Å². The van der Waals surface area contributed by atoms with Crippen LogP contribution in [0, 0.1) is 6.92 Å². The lowest BCUT2D eigenvalue weighted by atomic mass is 9.84. The van der Waals surface area contributed by atoms with Gasteiger partial charge in [0.05, 0.1) is 22.8 Å². The van der Waals surface area contributed by atoms with Gasteiger partial charge in [-0.3, -0.25) is 4.79 Å². The molecule has 0 radical (unpaired) electrons. The summed E-state index contributed by atoms with van der Waals surface area (Å²) in [6.07, 6.45) is 4.58. The fourth-order valence-electron chi connectivity index (χ4n) is 5.16. The number of amides is 1. The van der Waals surface area contributed by atoms with E-state index in [1.165, 1.54) is 10.5 Å². The lowest BCUT2D eigenvalue weighted by Crippen LogP contribution is -2.45. The third-order valence-electron chi connectivity index (χ3n) is 7.28. The summed E-state index contributed by atoms with van der Waals surface area (Å²) < 4.78 is 2.00. The Labute approximate surface area is 207 Å². The van der Waals surface area contributed by atoms with Gasteiger partial charge in [0, 0.05) is 4.90 Å². The van der Waals surface area contributed by atoms with Gasteiger partial charge in [0.2, 0.25) is 0 Å². The lowest BCUT2D eigenvalue weighted by molar-refractivity contribution is 0.0889. The largest absolute Gasteiger partial charge is 0.363 e. The highest BCUT2D eigenvalue weighted by atomic mass is 32.2. The molecule has 1 atom stereocenters. The van der Waals surface area contributed by atoms with Crippen molar-refractivity contribution in [2.24, 2.45) is 0 Å². The molecule has 2 aromatic carbocycles. The van der Waals surface area contributed by atoms with Gasteiger partial charge in [-0.25, -0.2) is 4.68 Å². The van der Waals surface area contributed by atoms with Crippen LogP contribution < -0.4 is 10.6 Å². The Bertz CT molecular complexity index is 1150. The van der Waals surface area contributed by atoms with E-state index >= 15 is 0 Å². The maximum atomic E-state index is 13.9. The van der Waals surface area contributed by atoms with Crippen LogP contribution in [0.2, 0.25) is 0 Å². The fraction of sp³-hybridized carbons (Fsp3) is 0.429. The van der Waals surface area contributed by atoms with Crippen LogP contribution in [0.4, 0.5) is 5.82 Å². The topological polar surface area (TPSA) is 59.0 Å². The fourth-order valence-corrected chi connectivity index (χ4v) is 5.56. The molecule has 0 spiro atoms. The van der Waals surface area contributed by atoms with Crippen molar-refractivity contribution in [1.29, 1.82) is 0 Å². The molecule has 3 aromatic rings. The van der Waals surface area contributed by atoms with E-state index in [-0.39, 0.29) is 17.5 Å². The second-order valence-corrected chi connectivity index (χ2v) is 10.7. The van der Waals surface area contributed by atoms with Crippen molar-refractivity contribution in [2.45, 2.75) is 75.9 Å². The summed E-state index contributed by atoms with van der Waals surface area (Å²) in [5.41, 5.74) is 3.10. The zero-order valence-corrected chi connectivity index (χ0v) is 21.9. The number of anilines is 1. The number of carbonyl (C=O) groups excluding carboxylic acids is 1. The van der Waals surface area contributed by atoms with Gasteiger partial charge in [-0.15, -0.1) is 11.8 Å². The highest BCUT2D eigenvalue weighted by molar-refractivity contribution is 7.98. The first kappa shape index (κ1) is 24.4. The normalized spacial score (nSPS) is 17.1. The summed E-state index contributed by atoms with van der Waals surface area (Å²) >= 11 is 1.72. The van der Waals surface area contributed by atoms with Gasteiger partial charge in [-0.1, -0.05) is 56.3 Å². The van der Waals surface area contributed by atoms with Gasteiger partial charge >= 0.3 is 0 Å². The summed E-state index contributed by atoms with van der Waals surface area (Å²) in [5.74, 6) is 0.729. The minimum atomic E-state index is -0.432. The Morgan fingerprint density at radius 2 is 1.79 bits per heavy atom. The monoisotopic (exact) mass is 476 g/mol. The molecule has 0 bridgehead atoms. The van der Waals surface area contributed by atoms with Gasteiger partial charge < -0.3 is 10.6 Å². The number of nitrogens with one attached hydrogen (secondary N) is 2. The van der Waals surface area contributed by atoms with Crippen LogP contribution in [-0.2, 0) is 11.1 Å². The number of aryl methyl sites for hydroxylation is 1. The van der Waals surface area contributed by atoms with Crippen LogP contribution in [-0.4, -0.2) is 21.9 Å². The Morgan fingerprint density at radius 1 is 1.15 bits per heavy atom. The number of thioether (sulfide) groups is 1. The molecular weight excluding hydrogens is 440 g/mol. The number of hydrogen-bond donors (Lipinski definition) is 2. The molecule has 1 amide bonds. The Hall–Kier alpha value is -2.73. The zero-order chi connectivity index (χ0) is 24.5. The first-order valence-electron chi connectivity index (χ1n) is 12.1. The average molecular weight is 477 g/mol. The highest BCUT2D eigenvalue weighted by Gasteiger charge is 2.39. The predicted octanol–water partition coefficient (Wildman–Crippen LogP) is 6.65. The number of rotatable bonds is 7. The van der Waals surface area contributed by atoms with E-state index in [0.29, 0.717) is 5.56 Å². The van der Waals surface area contributed by atoms with Crippen molar-refractivity contribution >= 4 is 23.5 Å². The van der Waals surface area contributed by atoms with Crippen molar-refractivity contribution < 1.29 is 4.79 Å². The molecular formula is C28H36N4OS. The summed E-state index contributed by atoms with van der Waals surface area (Å²) in [6.45, 7) is 10.6. The summed E-state index contributed by atoms with van der Waals surface area (Å²) in [6, 6.07) is 19.1. The summed E-state index contributed by atoms with van der Waals surface area (Å²) in [4.78, 5) is 15.1. The van der Waals surface area contributed by atoms with Crippen LogP contribution in [0.15, 0.2) is 59.5 Å². The molecule has 34 heavy (non-hydrogen) atoms. The minimum Gasteiger partial charge on any atom is -0.363 e. The zero-order valence-electron chi connectivity index (χ0n) is 21.1. The maximum Gasteiger partial charge on any atom is 0.257 e. The number of fused-ring (bicyclic) bond motifs is 1. The van der Waals surface area contributed by atoms with E-state index in [1.54, 1.807) is 11.8 Å². The quantitative estimate of drug-likeness (QED) is 0.375. The first-order chi connectivity index (χ1) is 16.2. The molecule has 1 aliphatic rings. The van der Waals surface area contributed by atoms with Crippen LogP contribution >= 0.6 is 11.8 Å². The molecule has 6 heteroatoms. The SMILES string of the molecule is CCC(CC)(NC(=O)c1c(C)nn2c1NC(c1ccccc1)CC2(C)C)c1ccc(SC)cc1. The van der Waals surface area contributed by atoms with E-state index in [2.05, 4.69) is 93.1 Å². The van der Waals surface area contributed by atoms with E-state index < -0.39 is 5.54 Å². The van der Waals surface area contributed by atoms with Gasteiger partial charge in [0.1, 0.15) is 11.4 Å². The molecule has 2 heterocycles. The van der Waals surface area contributed by atoms with Crippen LogP contribution in [0.1, 0.15) is 80.2 Å². The molecule has 0 aliphatic carbocycles. The van der Waals surface area contributed by atoms with Crippen molar-refractivity contribution in [3.63, 3.8) is 0 Å². The van der Waals surface area contributed by atoms with Gasteiger partial charge in [0.25, 0.3) is 5.91 Å². The van der Waals surface area contributed by atoms with E-state index in [9.17, 15) is 4.79 Å². The van der Waals surface area contributed by atoms with Crippen molar-refractivity contribution in [1.82, 2.24) is 15.1 Å². The van der Waals surface area contributed by atoms with Crippen LogP contribution in [0.25, 0.3) is 0 Å². The molecule has 2 N–H and O–H groups in total. The van der Waals surface area contributed by atoms with Crippen LogP contribution in [0.3, 0.4) is 0 Å². The van der Waals surface area contributed by atoms with Crippen molar-refractivity contribution in [3.05, 3.63) is 77.0 Å². The molecule has 1 unspecified atom stereocenters. The maximum absolute atomic E-state index is 13.9. The second-order valence-electron chi connectivity index (χ2n) is 9.82. The number of nitrogens with zero attached hydrogens (tertiary/aromatic N) is 2. The molecule has 180 valence electrons. The second kappa shape index (κ2) is 9.49. The molecule has 1 aromatic heterocycles. The number of aromatic nitrogens is 2. The van der Waals surface area contributed by atoms with Gasteiger partial charge in [-0.05, 0) is 69.5 Å². The van der Waals surface area contributed by atoms with E-state index in [4.69, 9.17) is 5.10 Å². The summed E-state index contributed by atoms with van der Waals surface area (Å²) in [7, 11) is 0. The summed E-state index contributed by atoms with van der Waals surface area (Å²) in [5, 5.41) is 11.9. The standard InChI is InChI=1S/C28H36N4OS/c1-7-28(8-2,21-14-16-22(34-6)17-15-21)30-26(33)24-19(3)31-32-25(24)29-23(18-27(32,4)5)20-12-10-9-11-13-20/h9-17,23,29H,7-8,18H2,1-6H3,(H,30,33). The Morgan fingerprint density at radius 3 is 2.38 bits per heavy atom. The molecule has 1 aliphatic heterocycles. The van der Waals surface area contributed by atoms with Gasteiger partial charge in [-0.2, -0.15) is 5.10 Å². The minimum absolute atomic E-state index is 0.0756. The molecule has 4 rings (SSSR count). The molecule has 0 saturated carbocycles. The highest BCUT2D eigenvalue weighted by Crippen LogP contribution is 2.41.